The molecular weight excluding hydrogens is 314 g/mol. The van der Waals surface area contributed by atoms with Crippen LogP contribution >= 0.6 is 0 Å². The molecule has 1 amide bonds. The van der Waals surface area contributed by atoms with E-state index in [9.17, 15) is 9.59 Å². The minimum absolute atomic E-state index is 0.0185. The van der Waals surface area contributed by atoms with Gasteiger partial charge in [-0.05, 0) is 62.1 Å². The van der Waals surface area contributed by atoms with Gasteiger partial charge in [0.15, 0.2) is 0 Å². The summed E-state index contributed by atoms with van der Waals surface area (Å²) < 4.78 is 1.34. The van der Waals surface area contributed by atoms with E-state index in [0.717, 1.165) is 49.8 Å². The smallest absolute Gasteiger partial charge is 0.267 e. The summed E-state index contributed by atoms with van der Waals surface area (Å²) in [6, 6.07) is 9.33. The highest BCUT2D eigenvalue weighted by molar-refractivity contribution is 5.80. The first-order valence-electron chi connectivity index (χ1n) is 9.13. The molecule has 1 heterocycles. The van der Waals surface area contributed by atoms with Crippen LogP contribution in [-0.2, 0) is 24.1 Å². The standard InChI is InChI=1S/C20H23N3O2/c1-13(23-19(24)12-15-8-5-10-17(15)22-23)20(25)21-18-11-4-7-14-6-2-3-9-16(14)18/h2-3,6,9,12-13,18H,4-5,7-8,10-11H2,1H3,(H,21,25). The van der Waals surface area contributed by atoms with Gasteiger partial charge in [-0.15, -0.1) is 0 Å². The Balaban J connectivity index is 1.55. The van der Waals surface area contributed by atoms with E-state index in [0.29, 0.717) is 0 Å². The van der Waals surface area contributed by atoms with E-state index in [1.165, 1.54) is 15.8 Å². The Morgan fingerprint density at radius 3 is 2.88 bits per heavy atom. The molecule has 1 N–H and O–H groups in total. The Labute approximate surface area is 147 Å². The SMILES string of the molecule is CC(C(=O)NC1CCCc2ccccc21)n1nc2c(cc1=O)CCC2. The van der Waals surface area contributed by atoms with Crippen LogP contribution in [-0.4, -0.2) is 15.7 Å². The van der Waals surface area contributed by atoms with Crippen molar-refractivity contribution < 1.29 is 4.79 Å². The van der Waals surface area contributed by atoms with Crippen molar-refractivity contribution in [3.8, 4) is 0 Å². The fourth-order valence-corrected chi connectivity index (χ4v) is 4.00. The van der Waals surface area contributed by atoms with E-state index >= 15 is 0 Å². The molecule has 2 atom stereocenters. The number of hydrogen-bond donors (Lipinski definition) is 1. The molecule has 0 saturated carbocycles. The summed E-state index contributed by atoms with van der Waals surface area (Å²) in [4.78, 5) is 25.1. The number of carbonyl (C=O) groups is 1. The second-order valence-electron chi connectivity index (χ2n) is 7.08. The zero-order valence-corrected chi connectivity index (χ0v) is 14.5. The average Bonchev–Trinajstić information content (AvgIpc) is 3.08. The molecule has 0 aliphatic heterocycles. The molecule has 2 unspecified atom stereocenters. The monoisotopic (exact) mass is 337 g/mol. The summed E-state index contributed by atoms with van der Waals surface area (Å²) in [6.45, 7) is 1.75. The minimum atomic E-state index is -0.604. The molecule has 2 aromatic rings. The zero-order valence-electron chi connectivity index (χ0n) is 14.5. The minimum Gasteiger partial charge on any atom is -0.347 e. The van der Waals surface area contributed by atoms with Crippen LogP contribution in [0.5, 0.6) is 0 Å². The maximum absolute atomic E-state index is 12.8. The van der Waals surface area contributed by atoms with Gasteiger partial charge in [0.05, 0.1) is 11.7 Å². The van der Waals surface area contributed by atoms with Crippen molar-refractivity contribution in [2.75, 3.05) is 0 Å². The van der Waals surface area contributed by atoms with Gasteiger partial charge in [-0.2, -0.15) is 5.10 Å². The lowest BCUT2D eigenvalue weighted by Gasteiger charge is -2.27. The molecule has 4 rings (SSSR count). The van der Waals surface area contributed by atoms with Crippen LogP contribution in [0.4, 0.5) is 0 Å². The van der Waals surface area contributed by atoms with Crippen LogP contribution < -0.4 is 10.9 Å². The summed E-state index contributed by atoms with van der Waals surface area (Å²) in [5.41, 5.74) is 4.31. The molecule has 0 saturated heterocycles. The van der Waals surface area contributed by atoms with Gasteiger partial charge in [-0.1, -0.05) is 24.3 Å². The summed E-state index contributed by atoms with van der Waals surface area (Å²) in [6.07, 6.45) is 5.89. The third-order valence-electron chi connectivity index (χ3n) is 5.41. The van der Waals surface area contributed by atoms with Crippen molar-refractivity contribution >= 4 is 5.91 Å². The van der Waals surface area contributed by atoms with Gasteiger partial charge in [0.1, 0.15) is 6.04 Å². The molecule has 0 fully saturated rings. The average molecular weight is 337 g/mol. The Kier molecular flexibility index (Phi) is 4.15. The van der Waals surface area contributed by atoms with Crippen molar-refractivity contribution in [1.29, 1.82) is 0 Å². The topological polar surface area (TPSA) is 64.0 Å². The Morgan fingerprint density at radius 2 is 2.00 bits per heavy atom. The molecule has 1 aromatic heterocycles. The quantitative estimate of drug-likeness (QED) is 0.936. The molecule has 2 aliphatic carbocycles. The summed E-state index contributed by atoms with van der Waals surface area (Å²) >= 11 is 0. The lowest BCUT2D eigenvalue weighted by atomic mass is 9.87. The number of amides is 1. The van der Waals surface area contributed by atoms with Crippen molar-refractivity contribution in [3.05, 3.63) is 63.1 Å². The highest BCUT2D eigenvalue weighted by atomic mass is 16.2. The maximum Gasteiger partial charge on any atom is 0.267 e. The number of nitrogens with one attached hydrogen (secondary N) is 1. The zero-order chi connectivity index (χ0) is 17.4. The highest BCUT2D eigenvalue weighted by Gasteiger charge is 2.26. The van der Waals surface area contributed by atoms with Crippen LogP contribution in [0.2, 0.25) is 0 Å². The molecule has 25 heavy (non-hydrogen) atoms. The van der Waals surface area contributed by atoms with Gasteiger partial charge in [-0.25, -0.2) is 4.68 Å². The van der Waals surface area contributed by atoms with Crippen LogP contribution in [0.1, 0.15) is 60.7 Å². The first kappa shape index (κ1) is 16.1. The lowest BCUT2D eigenvalue weighted by Crippen LogP contribution is -2.39. The van der Waals surface area contributed by atoms with Crippen LogP contribution in [0.15, 0.2) is 35.1 Å². The molecule has 5 heteroatoms. The van der Waals surface area contributed by atoms with Crippen LogP contribution in [0.3, 0.4) is 0 Å². The van der Waals surface area contributed by atoms with Crippen molar-refractivity contribution in [1.82, 2.24) is 15.1 Å². The molecule has 0 spiro atoms. The first-order valence-corrected chi connectivity index (χ1v) is 9.13. The van der Waals surface area contributed by atoms with Gasteiger partial charge in [0.2, 0.25) is 5.91 Å². The Bertz CT molecular complexity index is 871. The van der Waals surface area contributed by atoms with E-state index in [4.69, 9.17) is 0 Å². The largest absolute Gasteiger partial charge is 0.347 e. The molecule has 0 bridgehead atoms. The van der Waals surface area contributed by atoms with Gasteiger partial charge < -0.3 is 5.32 Å². The highest BCUT2D eigenvalue weighted by Crippen LogP contribution is 2.29. The molecule has 130 valence electrons. The summed E-state index contributed by atoms with van der Waals surface area (Å²) in [5.74, 6) is -0.144. The van der Waals surface area contributed by atoms with E-state index in [-0.39, 0.29) is 17.5 Å². The predicted molar refractivity (Wildman–Crippen MR) is 95.5 cm³/mol. The van der Waals surface area contributed by atoms with E-state index in [2.05, 4.69) is 22.5 Å². The molecule has 0 radical (unpaired) electrons. The summed E-state index contributed by atoms with van der Waals surface area (Å²) in [7, 11) is 0. The number of hydrogen-bond acceptors (Lipinski definition) is 3. The molecule has 5 nitrogen and oxygen atoms in total. The van der Waals surface area contributed by atoms with Crippen LogP contribution in [0, 0.1) is 0 Å². The molecule has 2 aliphatic rings. The number of carbonyl (C=O) groups excluding carboxylic acids is 1. The fraction of sp³-hybridized carbons (Fsp3) is 0.450. The fourth-order valence-electron chi connectivity index (χ4n) is 4.00. The van der Waals surface area contributed by atoms with Gasteiger partial charge in [-0.3, -0.25) is 9.59 Å². The Morgan fingerprint density at radius 1 is 1.20 bits per heavy atom. The second kappa shape index (κ2) is 6.47. The number of rotatable bonds is 3. The van der Waals surface area contributed by atoms with Gasteiger partial charge in [0, 0.05) is 6.07 Å². The van der Waals surface area contributed by atoms with E-state index in [1.807, 2.05) is 12.1 Å². The maximum atomic E-state index is 12.8. The summed E-state index contributed by atoms with van der Waals surface area (Å²) in [5, 5.41) is 7.58. The molecule has 1 aromatic carbocycles. The molecular formula is C20H23N3O2. The lowest BCUT2D eigenvalue weighted by molar-refractivity contribution is -0.125. The number of fused-ring (bicyclic) bond motifs is 2. The Hall–Kier alpha value is -2.43. The third kappa shape index (κ3) is 2.99. The van der Waals surface area contributed by atoms with Crippen molar-refractivity contribution in [2.24, 2.45) is 0 Å². The first-order chi connectivity index (χ1) is 12.1. The predicted octanol–water partition coefficient (Wildman–Crippen LogP) is 2.49. The number of aromatic nitrogens is 2. The normalized spacial score (nSPS) is 19.8. The number of benzene rings is 1. The second-order valence-corrected chi connectivity index (χ2v) is 7.08. The van der Waals surface area contributed by atoms with E-state index in [1.54, 1.807) is 13.0 Å². The number of aryl methyl sites for hydroxylation is 3. The third-order valence-corrected chi connectivity index (χ3v) is 5.41. The van der Waals surface area contributed by atoms with Gasteiger partial charge >= 0.3 is 0 Å². The van der Waals surface area contributed by atoms with Crippen LogP contribution in [0.25, 0.3) is 0 Å². The van der Waals surface area contributed by atoms with Crippen molar-refractivity contribution in [2.45, 2.75) is 57.5 Å². The van der Waals surface area contributed by atoms with Crippen molar-refractivity contribution in [3.63, 3.8) is 0 Å². The van der Waals surface area contributed by atoms with E-state index < -0.39 is 6.04 Å². The number of nitrogens with zero attached hydrogens (tertiary/aromatic N) is 2. The van der Waals surface area contributed by atoms with Gasteiger partial charge in [0.25, 0.3) is 5.56 Å².